The van der Waals surface area contributed by atoms with Crippen LogP contribution < -0.4 is 0 Å². The van der Waals surface area contributed by atoms with Crippen molar-refractivity contribution in [2.75, 3.05) is 0 Å². The summed E-state index contributed by atoms with van der Waals surface area (Å²) in [4.78, 5) is 25.9. The largest absolute Gasteiger partial charge is 0.444 e. The van der Waals surface area contributed by atoms with Crippen molar-refractivity contribution >= 4 is 11.9 Å². The summed E-state index contributed by atoms with van der Waals surface area (Å²) in [5.41, 5.74) is 1.46. The van der Waals surface area contributed by atoms with Crippen LogP contribution in [-0.4, -0.2) is 34.5 Å². The molecule has 1 amide bonds. The molecule has 0 aliphatic carbocycles. The standard InChI is InChI=1S/C15H23NO3/c1-9-8-11-6-7-12(13(9)10(2)17)16(11)14(18)19-15(3,4)5/h11-12H,6-8H2,1-5H3. The van der Waals surface area contributed by atoms with Crippen LogP contribution in [0.15, 0.2) is 11.1 Å². The molecule has 0 aromatic rings. The van der Waals surface area contributed by atoms with Crippen molar-refractivity contribution in [3.8, 4) is 0 Å². The molecule has 2 aliphatic rings. The zero-order chi connectivity index (χ0) is 14.4. The van der Waals surface area contributed by atoms with Gasteiger partial charge in [-0.25, -0.2) is 4.79 Å². The van der Waals surface area contributed by atoms with Crippen LogP contribution in [0.1, 0.15) is 53.9 Å². The molecule has 2 heterocycles. The Bertz CT molecular complexity index is 445. The number of fused-ring (bicyclic) bond motifs is 2. The molecule has 2 unspecified atom stereocenters. The minimum Gasteiger partial charge on any atom is -0.444 e. The smallest absolute Gasteiger partial charge is 0.411 e. The Hall–Kier alpha value is -1.32. The number of Topliss-reactive ketones (excluding diaryl/α,β-unsaturated/α-hetero) is 1. The molecule has 2 rings (SSSR count). The molecule has 106 valence electrons. The van der Waals surface area contributed by atoms with Crippen LogP contribution >= 0.6 is 0 Å². The maximum absolute atomic E-state index is 12.3. The van der Waals surface area contributed by atoms with Crippen LogP contribution in [0, 0.1) is 0 Å². The average Bonchev–Trinajstić information content (AvgIpc) is 2.51. The van der Waals surface area contributed by atoms with Gasteiger partial charge in [0.15, 0.2) is 5.78 Å². The average molecular weight is 265 g/mol. The minimum atomic E-state index is -0.497. The third kappa shape index (κ3) is 2.67. The topological polar surface area (TPSA) is 46.6 Å². The van der Waals surface area contributed by atoms with Gasteiger partial charge in [0.1, 0.15) is 5.60 Å². The number of amides is 1. The molecule has 0 saturated carbocycles. The normalized spacial score (nSPS) is 26.7. The summed E-state index contributed by atoms with van der Waals surface area (Å²) in [6, 6.07) is 0.119. The Morgan fingerprint density at radius 3 is 2.42 bits per heavy atom. The van der Waals surface area contributed by atoms with E-state index in [1.54, 1.807) is 11.8 Å². The number of carbonyl (C=O) groups is 2. The molecule has 19 heavy (non-hydrogen) atoms. The molecule has 2 bridgehead atoms. The van der Waals surface area contributed by atoms with Gasteiger partial charge >= 0.3 is 6.09 Å². The van der Waals surface area contributed by atoms with Crippen LogP contribution in [0.2, 0.25) is 0 Å². The molecular weight excluding hydrogens is 242 g/mol. The monoisotopic (exact) mass is 265 g/mol. The van der Waals surface area contributed by atoms with E-state index in [-0.39, 0.29) is 24.0 Å². The van der Waals surface area contributed by atoms with Gasteiger partial charge in [0.25, 0.3) is 0 Å². The number of rotatable bonds is 1. The molecule has 2 aliphatic heterocycles. The number of carbonyl (C=O) groups excluding carboxylic acids is 2. The van der Waals surface area contributed by atoms with Gasteiger partial charge in [-0.1, -0.05) is 5.57 Å². The first-order valence-electron chi connectivity index (χ1n) is 6.92. The number of nitrogens with zero attached hydrogens (tertiary/aromatic N) is 1. The highest BCUT2D eigenvalue weighted by Crippen LogP contribution is 2.40. The van der Waals surface area contributed by atoms with Gasteiger partial charge in [-0.05, 0) is 53.9 Å². The summed E-state index contributed by atoms with van der Waals surface area (Å²) in [5, 5.41) is 0. The van der Waals surface area contributed by atoms with Crippen LogP contribution in [0.25, 0.3) is 0 Å². The fourth-order valence-corrected chi connectivity index (χ4v) is 3.24. The summed E-state index contributed by atoms with van der Waals surface area (Å²) in [7, 11) is 0. The van der Waals surface area contributed by atoms with E-state index in [9.17, 15) is 9.59 Å². The van der Waals surface area contributed by atoms with Gasteiger partial charge in [-0.3, -0.25) is 9.69 Å². The van der Waals surface area contributed by atoms with Crippen molar-refractivity contribution in [2.45, 2.75) is 71.6 Å². The first-order valence-corrected chi connectivity index (χ1v) is 6.92. The van der Waals surface area contributed by atoms with Crippen molar-refractivity contribution in [3.05, 3.63) is 11.1 Å². The lowest BCUT2D eigenvalue weighted by atomic mass is 9.92. The SMILES string of the molecule is CC(=O)C1=C(C)CC2CCC1N2C(=O)OC(C)(C)C. The third-order valence-electron chi connectivity index (χ3n) is 3.82. The number of ether oxygens (including phenoxy) is 1. The Labute approximate surface area is 114 Å². The van der Waals surface area contributed by atoms with E-state index < -0.39 is 5.60 Å². The van der Waals surface area contributed by atoms with Crippen molar-refractivity contribution in [1.29, 1.82) is 0 Å². The highest BCUT2D eigenvalue weighted by atomic mass is 16.6. The Morgan fingerprint density at radius 2 is 1.89 bits per heavy atom. The second-order valence-corrected chi connectivity index (χ2v) is 6.59. The maximum Gasteiger partial charge on any atom is 0.411 e. The molecule has 1 fully saturated rings. The first-order chi connectivity index (χ1) is 8.70. The summed E-state index contributed by atoms with van der Waals surface area (Å²) in [6.45, 7) is 9.19. The predicted molar refractivity (Wildman–Crippen MR) is 72.9 cm³/mol. The molecular formula is C15H23NO3. The molecule has 0 aromatic heterocycles. The van der Waals surface area contributed by atoms with Crippen LogP contribution in [0.3, 0.4) is 0 Å². The predicted octanol–water partition coefficient (Wildman–Crippen LogP) is 3.06. The van der Waals surface area contributed by atoms with Crippen molar-refractivity contribution in [2.24, 2.45) is 0 Å². The highest BCUT2D eigenvalue weighted by molar-refractivity contribution is 5.96. The number of hydrogen-bond acceptors (Lipinski definition) is 3. The van der Waals surface area contributed by atoms with E-state index in [1.165, 1.54) is 0 Å². The zero-order valence-electron chi connectivity index (χ0n) is 12.4. The Balaban J connectivity index is 2.25. The van der Waals surface area contributed by atoms with Crippen LogP contribution in [-0.2, 0) is 9.53 Å². The van der Waals surface area contributed by atoms with E-state index >= 15 is 0 Å². The summed E-state index contributed by atoms with van der Waals surface area (Å²) >= 11 is 0. The lowest BCUT2D eigenvalue weighted by molar-refractivity contribution is -0.114. The van der Waals surface area contributed by atoms with Gasteiger partial charge in [0, 0.05) is 11.6 Å². The third-order valence-corrected chi connectivity index (χ3v) is 3.82. The zero-order valence-corrected chi connectivity index (χ0v) is 12.4. The molecule has 4 heteroatoms. The quantitative estimate of drug-likeness (QED) is 0.732. The van der Waals surface area contributed by atoms with Crippen LogP contribution in [0.4, 0.5) is 4.79 Å². The fourth-order valence-electron chi connectivity index (χ4n) is 3.24. The Kier molecular flexibility index (Phi) is 3.45. The molecule has 2 atom stereocenters. The van der Waals surface area contributed by atoms with Gasteiger partial charge in [0.2, 0.25) is 0 Å². The van der Waals surface area contributed by atoms with E-state index in [4.69, 9.17) is 4.74 Å². The van der Waals surface area contributed by atoms with Gasteiger partial charge < -0.3 is 4.74 Å². The van der Waals surface area contributed by atoms with Crippen LogP contribution in [0.5, 0.6) is 0 Å². The minimum absolute atomic E-state index is 0.0777. The van der Waals surface area contributed by atoms with Crippen molar-refractivity contribution in [1.82, 2.24) is 4.90 Å². The molecule has 0 N–H and O–H groups in total. The lowest BCUT2D eigenvalue weighted by Gasteiger charge is -2.37. The first kappa shape index (κ1) is 14.1. The van der Waals surface area contributed by atoms with Gasteiger partial charge in [-0.15, -0.1) is 0 Å². The van der Waals surface area contributed by atoms with E-state index in [0.717, 1.165) is 30.4 Å². The molecule has 1 saturated heterocycles. The molecule has 0 radical (unpaired) electrons. The lowest BCUT2D eigenvalue weighted by Crippen LogP contribution is -2.48. The fraction of sp³-hybridized carbons (Fsp3) is 0.733. The van der Waals surface area contributed by atoms with E-state index in [1.807, 2.05) is 27.7 Å². The Morgan fingerprint density at radius 1 is 1.26 bits per heavy atom. The number of ketones is 1. The number of hydrogen-bond donors (Lipinski definition) is 0. The van der Waals surface area contributed by atoms with Gasteiger partial charge in [-0.2, -0.15) is 0 Å². The van der Waals surface area contributed by atoms with Crippen molar-refractivity contribution < 1.29 is 14.3 Å². The summed E-state index contributed by atoms with van der Waals surface area (Å²) < 4.78 is 5.47. The molecule has 0 aromatic carbocycles. The van der Waals surface area contributed by atoms with E-state index in [0.29, 0.717) is 0 Å². The second kappa shape index (κ2) is 4.66. The van der Waals surface area contributed by atoms with Crippen molar-refractivity contribution in [3.63, 3.8) is 0 Å². The summed E-state index contributed by atoms with van der Waals surface area (Å²) in [5.74, 6) is 0.0800. The maximum atomic E-state index is 12.3. The summed E-state index contributed by atoms with van der Waals surface area (Å²) in [6.07, 6.45) is 2.34. The van der Waals surface area contributed by atoms with E-state index in [2.05, 4.69) is 0 Å². The van der Waals surface area contributed by atoms with Gasteiger partial charge in [0.05, 0.1) is 6.04 Å². The highest BCUT2D eigenvalue weighted by Gasteiger charge is 2.45. The molecule has 0 spiro atoms. The molecule has 4 nitrogen and oxygen atoms in total. The second-order valence-electron chi connectivity index (χ2n) is 6.59.